The van der Waals surface area contributed by atoms with E-state index in [1.807, 2.05) is 24.3 Å². The first kappa shape index (κ1) is 16.8. The number of carbonyl (C=O) groups is 2. The van der Waals surface area contributed by atoms with Gasteiger partial charge in [0.05, 0.1) is 24.2 Å². The Morgan fingerprint density at radius 3 is 2.88 bits per heavy atom. The second kappa shape index (κ2) is 7.71. The van der Waals surface area contributed by atoms with Crippen molar-refractivity contribution in [2.75, 3.05) is 7.11 Å². The van der Waals surface area contributed by atoms with Gasteiger partial charge < -0.3 is 10.1 Å². The summed E-state index contributed by atoms with van der Waals surface area (Å²) in [5.74, 6) is -0.522. The number of aromatic nitrogens is 3. The third-order valence-corrected chi connectivity index (χ3v) is 4.47. The van der Waals surface area contributed by atoms with Gasteiger partial charge in [-0.2, -0.15) is 5.10 Å². The number of nitrogens with zero attached hydrogens (tertiary/aromatic N) is 3. The fourth-order valence-electron chi connectivity index (χ4n) is 2.16. The molecular weight excluding hydrogens is 340 g/mol. The summed E-state index contributed by atoms with van der Waals surface area (Å²) < 4.78 is 6.25. The molecule has 0 radical (unpaired) electrons. The van der Waals surface area contributed by atoms with Crippen molar-refractivity contribution in [2.45, 2.75) is 13.1 Å². The van der Waals surface area contributed by atoms with E-state index in [-0.39, 0.29) is 18.4 Å². The number of rotatable bonds is 6. The molecule has 0 aliphatic carbocycles. The van der Waals surface area contributed by atoms with E-state index in [0.717, 1.165) is 10.6 Å². The summed E-state index contributed by atoms with van der Waals surface area (Å²) in [5.41, 5.74) is 1.50. The summed E-state index contributed by atoms with van der Waals surface area (Å²) in [4.78, 5) is 29.0. The van der Waals surface area contributed by atoms with Crippen LogP contribution in [0.5, 0.6) is 0 Å². The Hall–Kier alpha value is -3.00. The van der Waals surface area contributed by atoms with E-state index in [0.29, 0.717) is 17.1 Å². The standard InChI is InChI=1S/C17H16N4O3S/c1-24-17(23)15-6-5-14(25-15)13-7-9-21(20-13)11-16(22)19-10-12-4-2-3-8-18-12/h2-9H,10-11H2,1H3,(H,19,22). The second-order valence-electron chi connectivity index (χ2n) is 5.15. The molecule has 0 aliphatic rings. The Kier molecular flexibility index (Phi) is 5.20. The lowest BCUT2D eigenvalue weighted by Crippen LogP contribution is -2.27. The zero-order valence-electron chi connectivity index (χ0n) is 13.5. The molecule has 1 N–H and O–H groups in total. The molecule has 25 heavy (non-hydrogen) atoms. The highest BCUT2D eigenvalue weighted by atomic mass is 32.1. The summed E-state index contributed by atoms with van der Waals surface area (Å²) in [6, 6.07) is 10.9. The number of carbonyl (C=O) groups excluding carboxylic acids is 2. The highest BCUT2D eigenvalue weighted by molar-refractivity contribution is 7.17. The maximum Gasteiger partial charge on any atom is 0.348 e. The predicted molar refractivity (Wildman–Crippen MR) is 93.0 cm³/mol. The SMILES string of the molecule is COC(=O)c1ccc(-c2ccn(CC(=O)NCc3ccccn3)n2)s1. The van der Waals surface area contributed by atoms with Gasteiger partial charge >= 0.3 is 5.97 Å². The second-order valence-corrected chi connectivity index (χ2v) is 6.24. The molecule has 3 rings (SSSR count). The number of amides is 1. The Balaban J connectivity index is 1.58. The molecule has 0 fully saturated rings. The average Bonchev–Trinajstić information content (AvgIpc) is 3.29. The molecule has 128 valence electrons. The molecule has 0 saturated heterocycles. The maximum absolute atomic E-state index is 12.0. The van der Waals surface area contributed by atoms with E-state index in [1.54, 1.807) is 29.2 Å². The summed E-state index contributed by atoms with van der Waals surface area (Å²) in [6.07, 6.45) is 3.41. The van der Waals surface area contributed by atoms with Gasteiger partial charge in [0.2, 0.25) is 5.91 Å². The maximum atomic E-state index is 12.0. The van der Waals surface area contributed by atoms with Crippen molar-refractivity contribution in [1.29, 1.82) is 0 Å². The Morgan fingerprint density at radius 2 is 2.12 bits per heavy atom. The van der Waals surface area contributed by atoms with Crippen LogP contribution in [-0.4, -0.2) is 33.8 Å². The van der Waals surface area contributed by atoms with Gasteiger partial charge in [0.15, 0.2) is 0 Å². The van der Waals surface area contributed by atoms with E-state index >= 15 is 0 Å². The van der Waals surface area contributed by atoms with Crippen molar-refractivity contribution in [3.8, 4) is 10.6 Å². The van der Waals surface area contributed by atoms with Crippen LogP contribution in [0.15, 0.2) is 48.8 Å². The van der Waals surface area contributed by atoms with E-state index in [4.69, 9.17) is 4.74 Å². The zero-order valence-corrected chi connectivity index (χ0v) is 14.3. The molecule has 3 aromatic rings. The normalized spacial score (nSPS) is 10.4. The largest absolute Gasteiger partial charge is 0.465 e. The van der Waals surface area contributed by atoms with Crippen molar-refractivity contribution < 1.29 is 14.3 Å². The minimum atomic E-state index is -0.371. The summed E-state index contributed by atoms with van der Waals surface area (Å²) in [6.45, 7) is 0.489. The van der Waals surface area contributed by atoms with Gasteiger partial charge in [0.1, 0.15) is 17.1 Å². The van der Waals surface area contributed by atoms with E-state index in [1.165, 1.54) is 18.4 Å². The molecule has 0 aliphatic heterocycles. The van der Waals surface area contributed by atoms with Crippen LogP contribution in [-0.2, 0) is 22.6 Å². The topological polar surface area (TPSA) is 86.1 Å². The first-order chi connectivity index (χ1) is 12.2. The summed E-state index contributed by atoms with van der Waals surface area (Å²) >= 11 is 1.30. The molecule has 7 nitrogen and oxygen atoms in total. The first-order valence-corrected chi connectivity index (χ1v) is 8.36. The van der Waals surface area contributed by atoms with E-state index in [9.17, 15) is 9.59 Å². The van der Waals surface area contributed by atoms with Gasteiger partial charge in [-0.05, 0) is 30.3 Å². The van der Waals surface area contributed by atoms with Crippen LogP contribution in [0.3, 0.4) is 0 Å². The molecule has 0 spiro atoms. The van der Waals surface area contributed by atoms with Gasteiger partial charge in [-0.15, -0.1) is 11.3 Å². The first-order valence-electron chi connectivity index (χ1n) is 7.54. The lowest BCUT2D eigenvalue weighted by atomic mass is 10.3. The number of thiophene rings is 1. The number of ether oxygens (including phenoxy) is 1. The third kappa shape index (κ3) is 4.30. The highest BCUT2D eigenvalue weighted by Crippen LogP contribution is 2.27. The number of hydrogen-bond acceptors (Lipinski definition) is 6. The minimum Gasteiger partial charge on any atom is -0.465 e. The smallest absolute Gasteiger partial charge is 0.348 e. The average molecular weight is 356 g/mol. The molecule has 3 heterocycles. The number of nitrogens with one attached hydrogen (secondary N) is 1. The predicted octanol–water partition coefficient (Wildman–Crippen LogP) is 2.11. The lowest BCUT2D eigenvalue weighted by Gasteiger charge is -2.04. The third-order valence-electron chi connectivity index (χ3n) is 3.38. The highest BCUT2D eigenvalue weighted by Gasteiger charge is 2.12. The molecule has 8 heteroatoms. The quantitative estimate of drug-likeness (QED) is 0.684. The molecule has 0 atom stereocenters. The number of pyridine rings is 1. The van der Waals surface area contributed by atoms with Crippen LogP contribution >= 0.6 is 11.3 Å². The minimum absolute atomic E-state index is 0.113. The van der Waals surface area contributed by atoms with Crippen molar-refractivity contribution >= 4 is 23.2 Å². The van der Waals surface area contributed by atoms with Crippen molar-refractivity contribution in [3.05, 3.63) is 59.4 Å². The van der Waals surface area contributed by atoms with Crippen LogP contribution < -0.4 is 5.32 Å². The Morgan fingerprint density at radius 1 is 1.24 bits per heavy atom. The molecule has 0 bridgehead atoms. The van der Waals surface area contributed by atoms with Crippen molar-refractivity contribution in [2.24, 2.45) is 0 Å². The molecule has 0 unspecified atom stereocenters. The van der Waals surface area contributed by atoms with Crippen molar-refractivity contribution in [3.63, 3.8) is 0 Å². The van der Waals surface area contributed by atoms with Gasteiger partial charge in [-0.25, -0.2) is 4.79 Å². The molecule has 0 aromatic carbocycles. The van der Waals surface area contributed by atoms with Gasteiger partial charge in [0, 0.05) is 12.4 Å². The van der Waals surface area contributed by atoms with Crippen LogP contribution in [0.4, 0.5) is 0 Å². The molecule has 1 amide bonds. The fraction of sp³-hybridized carbons (Fsp3) is 0.176. The van der Waals surface area contributed by atoms with Gasteiger partial charge in [-0.3, -0.25) is 14.5 Å². The number of esters is 1. The summed E-state index contributed by atoms with van der Waals surface area (Å²) in [5, 5.41) is 7.17. The number of hydrogen-bond donors (Lipinski definition) is 1. The lowest BCUT2D eigenvalue weighted by molar-refractivity contribution is -0.122. The molecule has 0 saturated carbocycles. The van der Waals surface area contributed by atoms with E-state index < -0.39 is 0 Å². The fourth-order valence-corrected chi connectivity index (χ4v) is 3.05. The van der Waals surface area contributed by atoms with Crippen LogP contribution in [0.25, 0.3) is 10.6 Å². The van der Waals surface area contributed by atoms with Gasteiger partial charge in [-0.1, -0.05) is 6.07 Å². The zero-order chi connectivity index (χ0) is 17.6. The monoisotopic (exact) mass is 356 g/mol. The molecule has 3 aromatic heterocycles. The Bertz CT molecular complexity index is 873. The van der Waals surface area contributed by atoms with Crippen LogP contribution in [0.2, 0.25) is 0 Å². The van der Waals surface area contributed by atoms with E-state index in [2.05, 4.69) is 15.4 Å². The van der Waals surface area contributed by atoms with Gasteiger partial charge in [0.25, 0.3) is 0 Å². The van der Waals surface area contributed by atoms with Crippen LogP contribution in [0, 0.1) is 0 Å². The molecular formula is C17H16N4O3S. The summed E-state index contributed by atoms with van der Waals surface area (Å²) in [7, 11) is 1.35. The number of methoxy groups -OCH3 is 1. The van der Waals surface area contributed by atoms with Crippen LogP contribution in [0.1, 0.15) is 15.4 Å². The Labute approximate surface area is 148 Å². The van der Waals surface area contributed by atoms with Crippen molar-refractivity contribution in [1.82, 2.24) is 20.1 Å².